The molecule has 1 aliphatic rings. The monoisotopic (exact) mass is 369 g/mol. The van der Waals surface area contributed by atoms with Crippen molar-refractivity contribution in [2.24, 2.45) is 0 Å². The van der Waals surface area contributed by atoms with Crippen LogP contribution in [0, 0.1) is 13.8 Å². The van der Waals surface area contributed by atoms with Gasteiger partial charge in [0.15, 0.2) is 6.61 Å². The predicted octanol–water partition coefficient (Wildman–Crippen LogP) is 3.58. The fourth-order valence-electron chi connectivity index (χ4n) is 3.68. The average molecular weight is 369 g/mol. The summed E-state index contributed by atoms with van der Waals surface area (Å²) in [6.07, 6.45) is 5.63. The van der Waals surface area contributed by atoms with Crippen molar-refractivity contribution in [1.29, 1.82) is 0 Å². The lowest BCUT2D eigenvalue weighted by atomic mass is 9.94. The second-order valence-corrected chi connectivity index (χ2v) is 7.15. The van der Waals surface area contributed by atoms with Crippen molar-refractivity contribution in [2.75, 3.05) is 13.2 Å². The summed E-state index contributed by atoms with van der Waals surface area (Å²) in [5.74, 6) is -0.630. The molecule has 6 nitrogen and oxygen atoms in total. The largest absolute Gasteiger partial charge is 0.452 e. The van der Waals surface area contributed by atoms with E-state index in [2.05, 4.69) is 9.97 Å². The molecular weight excluding hydrogens is 342 g/mol. The number of ether oxygens (including phenoxy) is 1. The minimum absolute atomic E-state index is 0.121. The molecule has 0 atom stereocenters. The van der Waals surface area contributed by atoms with Crippen molar-refractivity contribution in [3.05, 3.63) is 35.2 Å². The molecule has 144 valence electrons. The molecule has 0 spiro atoms. The second-order valence-electron chi connectivity index (χ2n) is 7.15. The van der Waals surface area contributed by atoms with Crippen LogP contribution in [0.25, 0.3) is 11.0 Å². The van der Waals surface area contributed by atoms with Gasteiger partial charge in [0.2, 0.25) is 0 Å². The number of likely N-dealkylation sites (N-methyl/N-ethyl adjacent to an activating group) is 1. The lowest BCUT2D eigenvalue weighted by Crippen LogP contribution is -2.43. The molecule has 1 aromatic carbocycles. The van der Waals surface area contributed by atoms with Crippen LogP contribution >= 0.6 is 0 Å². The molecule has 0 aliphatic heterocycles. The number of esters is 1. The van der Waals surface area contributed by atoms with Crippen LogP contribution in [0.2, 0.25) is 0 Å². The van der Waals surface area contributed by atoms with Gasteiger partial charge in [0, 0.05) is 12.6 Å². The summed E-state index contributed by atoms with van der Waals surface area (Å²) in [5, 5.41) is 0. The van der Waals surface area contributed by atoms with Crippen LogP contribution in [0.5, 0.6) is 0 Å². The van der Waals surface area contributed by atoms with Crippen LogP contribution in [0.4, 0.5) is 0 Å². The summed E-state index contributed by atoms with van der Waals surface area (Å²) in [6.45, 7) is 6.18. The SMILES string of the molecule is CCN(C(=O)COC(=O)c1ccc2nc(C)c(C)nc2c1)C1CCCCC1. The molecule has 0 radical (unpaired) electrons. The van der Waals surface area contributed by atoms with Gasteiger partial charge in [-0.2, -0.15) is 0 Å². The van der Waals surface area contributed by atoms with Gasteiger partial charge in [-0.05, 0) is 51.8 Å². The number of fused-ring (bicyclic) bond motifs is 1. The Hall–Kier alpha value is -2.50. The Labute approximate surface area is 159 Å². The molecule has 0 unspecified atom stereocenters. The quantitative estimate of drug-likeness (QED) is 0.753. The zero-order valence-corrected chi connectivity index (χ0v) is 16.3. The smallest absolute Gasteiger partial charge is 0.338 e. The summed E-state index contributed by atoms with van der Waals surface area (Å²) in [7, 11) is 0. The first kappa shape index (κ1) is 19.3. The maximum Gasteiger partial charge on any atom is 0.338 e. The fraction of sp³-hybridized carbons (Fsp3) is 0.524. The lowest BCUT2D eigenvalue weighted by molar-refractivity contribution is -0.137. The Bertz CT molecular complexity index is 844. The maximum atomic E-state index is 12.5. The van der Waals surface area contributed by atoms with E-state index in [0.29, 0.717) is 17.6 Å². The Morgan fingerprint density at radius 2 is 1.74 bits per heavy atom. The molecular formula is C21H27N3O3. The Morgan fingerprint density at radius 1 is 1.07 bits per heavy atom. The number of carbonyl (C=O) groups is 2. The number of nitrogens with zero attached hydrogens (tertiary/aromatic N) is 3. The van der Waals surface area contributed by atoms with Gasteiger partial charge in [-0.1, -0.05) is 19.3 Å². The molecule has 3 rings (SSSR count). The van der Waals surface area contributed by atoms with Crippen molar-refractivity contribution in [3.63, 3.8) is 0 Å². The number of hydrogen-bond donors (Lipinski definition) is 0. The molecule has 0 bridgehead atoms. The number of benzene rings is 1. The molecule has 1 fully saturated rings. The van der Waals surface area contributed by atoms with Crippen molar-refractivity contribution in [1.82, 2.24) is 14.9 Å². The van der Waals surface area contributed by atoms with Crippen molar-refractivity contribution >= 4 is 22.9 Å². The Balaban J connectivity index is 1.65. The molecule has 1 saturated carbocycles. The highest BCUT2D eigenvalue weighted by Crippen LogP contribution is 2.22. The third-order valence-electron chi connectivity index (χ3n) is 5.31. The molecule has 2 aromatic rings. The topological polar surface area (TPSA) is 72.4 Å². The molecule has 27 heavy (non-hydrogen) atoms. The number of carbonyl (C=O) groups excluding carboxylic acids is 2. The second kappa shape index (κ2) is 8.46. The van der Waals surface area contributed by atoms with Gasteiger partial charge in [-0.3, -0.25) is 4.79 Å². The molecule has 1 aliphatic carbocycles. The van der Waals surface area contributed by atoms with Gasteiger partial charge in [-0.15, -0.1) is 0 Å². The third kappa shape index (κ3) is 4.43. The molecule has 0 saturated heterocycles. The zero-order valence-electron chi connectivity index (χ0n) is 16.3. The highest BCUT2D eigenvalue weighted by molar-refractivity contribution is 5.94. The maximum absolute atomic E-state index is 12.5. The van der Waals surface area contributed by atoms with Crippen LogP contribution in [-0.2, 0) is 9.53 Å². The minimum Gasteiger partial charge on any atom is -0.452 e. The lowest BCUT2D eigenvalue weighted by Gasteiger charge is -2.33. The van der Waals surface area contributed by atoms with E-state index in [1.807, 2.05) is 25.7 Å². The van der Waals surface area contributed by atoms with Crippen LogP contribution in [0.15, 0.2) is 18.2 Å². The van der Waals surface area contributed by atoms with Gasteiger partial charge in [0.05, 0.1) is 28.0 Å². The number of rotatable bonds is 5. The number of aryl methyl sites for hydroxylation is 2. The van der Waals surface area contributed by atoms with Crippen LogP contribution in [0.3, 0.4) is 0 Å². The molecule has 6 heteroatoms. The Kier molecular flexibility index (Phi) is 6.04. The molecule has 1 aromatic heterocycles. The first-order chi connectivity index (χ1) is 13.0. The fourth-order valence-corrected chi connectivity index (χ4v) is 3.68. The normalized spacial score (nSPS) is 14.9. The van der Waals surface area contributed by atoms with Crippen molar-refractivity contribution < 1.29 is 14.3 Å². The average Bonchev–Trinajstić information content (AvgIpc) is 2.68. The summed E-state index contributed by atoms with van der Waals surface area (Å²) in [4.78, 5) is 35.7. The van der Waals surface area contributed by atoms with E-state index in [9.17, 15) is 9.59 Å². The summed E-state index contributed by atoms with van der Waals surface area (Å²) < 4.78 is 5.29. The van der Waals surface area contributed by atoms with Gasteiger partial charge in [0.25, 0.3) is 5.91 Å². The number of amides is 1. The van der Waals surface area contributed by atoms with E-state index >= 15 is 0 Å². The highest BCUT2D eigenvalue weighted by atomic mass is 16.5. The molecule has 1 amide bonds. The van der Waals surface area contributed by atoms with E-state index in [4.69, 9.17) is 4.74 Å². The van der Waals surface area contributed by atoms with Gasteiger partial charge < -0.3 is 9.64 Å². The minimum atomic E-state index is -0.509. The van der Waals surface area contributed by atoms with E-state index in [-0.39, 0.29) is 18.6 Å². The van der Waals surface area contributed by atoms with E-state index in [0.717, 1.165) is 42.6 Å². The van der Waals surface area contributed by atoms with Gasteiger partial charge in [0.1, 0.15) is 0 Å². The Morgan fingerprint density at radius 3 is 2.41 bits per heavy atom. The first-order valence-corrected chi connectivity index (χ1v) is 9.71. The zero-order chi connectivity index (χ0) is 19.4. The number of hydrogen-bond acceptors (Lipinski definition) is 5. The van der Waals surface area contributed by atoms with E-state index < -0.39 is 5.97 Å². The van der Waals surface area contributed by atoms with Crippen molar-refractivity contribution in [3.8, 4) is 0 Å². The van der Waals surface area contributed by atoms with Gasteiger partial charge in [-0.25, -0.2) is 14.8 Å². The van der Waals surface area contributed by atoms with Crippen LogP contribution < -0.4 is 0 Å². The van der Waals surface area contributed by atoms with Gasteiger partial charge >= 0.3 is 5.97 Å². The summed E-state index contributed by atoms with van der Waals surface area (Å²) in [6, 6.07) is 5.36. The van der Waals surface area contributed by atoms with E-state index in [1.165, 1.54) is 6.42 Å². The summed E-state index contributed by atoms with van der Waals surface area (Å²) in [5.41, 5.74) is 3.46. The van der Waals surface area contributed by atoms with E-state index in [1.54, 1.807) is 18.2 Å². The summed E-state index contributed by atoms with van der Waals surface area (Å²) >= 11 is 0. The predicted molar refractivity (Wildman–Crippen MR) is 104 cm³/mol. The van der Waals surface area contributed by atoms with Crippen LogP contribution in [-0.4, -0.2) is 45.9 Å². The highest BCUT2D eigenvalue weighted by Gasteiger charge is 2.25. The third-order valence-corrected chi connectivity index (χ3v) is 5.31. The standard InChI is InChI=1S/C21H27N3O3/c1-4-24(17-8-6-5-7-9-17)20(25)13-27-21(26)16-10-11-18-19(12-16)23-15(3)14(2)22-18/h10-12,17H,4-9,13H2,1-3H3. The molecule has 0 N–H and O–H groups in total. The molecule has 1 heterocycles. The van der Waals surface area contributed by atoms with Crippen molar-refractivity contribution in [2.45, 2.75) is 58.9 Å². The first-order valence-electron chi connectivity index (χ1n) is 9.71. The van der Waals surface area contributed by atoms with Crippen LogP contribution in [0.1, 0.15) is 60.8 Å². The number of aromatic nitrogens is 2.